The van der Waals surface area contributed by atoms with Gasteiger partial charge in [0.2, 0.25) is 11.8 Å². The number of aliphatic imine (C=N–C) groups is 1. The molecule has 3 N–H and O–H groups in total. The number of hydrogen-bond acceptors (Lipinski definition) is 4. The first-order chi connectivity index (χ1) is 10.4. The topological polar surface area (TPSA) is 105 Å². The zero-order valence-corrected chi connectivity index (χ0v) is 13.4. The molecule has 0 aromatic rings. The van der Waals surface area contributed by atoms with E-state index in [0.29, 0.717) is 31.8 Å². The van der Waals surface area contributed by atoms with Gasteiger partial charge in [0.05, 0.1) is 18.4 Å². The van der Waals surface area contributed by atoms with Crippen LogP contribution in [0.3, 0.4) is 0 Å². The van der Waals surface area contributed by atoms with Gasteiger partial charge in [-0.2, -0.15) is 0 Å². The Kier molecular flexibility index (Phi) is 7.56. The first kappa shape index (κ1) is 18.1. The minimum absolute atomic E-state index is 0.00734. The van der Waals surface area contributed by atoms with Crippen molar-refractivity contribution in [3.63, 3.8) is 0 Å². The second-order valence-corrected chi connectivity index (χ2v) is 5.61. The Balaban J connectivity index is 2.22. The van der Waals surface area contributed by atoms with Crippen molar-refractivity contribution < 1.29 is 14.4 Å². The van der Waals surface area contributed by atoms with Crippen molar-refractivity contribution >= 4 is 23.4 Å². The van der Waals surface area contributed by atoms with E-state index in [1.54, 1.807) is 11.8 Å². The number of nitrogens with zero attached hydrogens (tertiary/aromatic N) is 2. The molecule has 1 atom stereocenters. The normalized spacial score (nSPS) is 18.4. The molecule has 0 aromatic heterocycles. The summed E-state index contributed by atoms with van der Waals surface area (Å²) in [5.41, 5.74) is 5.41. The van der Waals surface area contributed by atoms with Crippen molar-refractivity contribution in [2.45, 2.75) is 52.0 Å². The number of amidine groups is 1. The number of nitrogens with two attached hydrogens (primary N) is 1. The van der Waals surface area contributed by atoms with E-state index in [1.807, 2.05) is 0 Å². The molecule has 1 fully saturated rings. The molecule has 1 aliphatic heterocycles. The number of unbranched alkanes of at least 4 members (excludes halogenated alkanes) is 1. The van der Waals surface area contributed by atoms with Gasteiger partial charge in [-0.3, -0.25) is 19.4 Å². The van der Waals surface area contributed by atoms with Gasteiger partial charge in [0, 0.05) is 19.5 Å². The molecule has 7 nitrogen and oxygen atoms in total. The lowest BCUT2D eigenvalue weighted by Crippen LogP contribution is -2.44. The van der Waals surface area contributed by atoms with Crippen molar-refractivity contribution in [1.29, 1.82) is 0 Å². The minimum atomic E-state index is -0.318. The monoisotopic (exact) mass is 310 g/mol. The second kappa shape index (κ2) is 9.17. The smallest absolute Gasteiger partial charge is 0.242 e. The summed E-state index contributed by atoms with van der Waals surface area (Å²) < 4.78 is 0. The number of carbonyl (C=O) groups is 3. The molecule has 1 aliphatic rings. The molecule has 22 heavy (non-hydrogen) atoms. The third kappa shape index (κ3) is 6.24. The average Bonchev–Trinajstić information content (AvgIpc) is 2.93. The molecule has 1 rings (SSSR count). The van der Waals surface area contributed by atoms with E-state index in [2.05, 4.69) is 10.3 Å². The zero-order chi connectivity index (χ0) is 16.5. The lowest BCUT2D eigenvalue weighted by molar-refractivity contribution is -0.137. The van der Waals surface area contributed by atoms with Crippen LogP contribution in [0.25, 0.3) is 0 Å². The van der Waals surface area contributed by atoms with Gasteiger partial charge in [0.15, 0.2) is 5.78 Å². The molecular formula is C15H26N4O3. The van der Waals surface area contributed by atoms with E-state index in [0.717, 1.165) is 19.3 Å². The van der Waals surface area contributed by atoms with Crippen molar-refractivity contribution in [3.05, 3.63) is 0 Å². The highest BCUT2D eigenvalue weighted by Gasteiger charge is 2.31. The molecule has 7 heteroatoms. The lowest BCUT2D eigenvalue weighted by Gasteiger charge is -2.22. The van der Waals surface area contributed by atoms with E-state index < -0.39 is 0 Å². The van der Waals surface area contributed by atoms with Crippen molar-refractivity contribution in [2.24, 2.45) is 10.7 Å². The van der Waals surface area contributed by atoms with Gasteiger partial charge in [0.25, 0.3) is 0 Å². The standard InChI is InChI=1S/C15H26N4O3/c1-11(20)13-6-5-9-19(13)15(22)10-18-14(21)7-3-4-8-17-12(2)16/h13H,3-10H2,1-2H3,(H2,16,17)(H,18,21)/t13-/m0/s1. The molecule has 1 heterocycles. The maximum atomic E-state index is 12.0. The Hall–Kier alpha value is -1.92. The Bertz CT molecular complexity index is 444. The van der Waals surface area contributed by atoms with Crippen LogP contribution in [0, 0.1) is 0 Å². The number of likely N-dealkylation sites (tertiary alicyclic amines) is 1. The fraction of sp³-hybridized carbons (Fsp3) is 0.733. The van der Waals surface area contributed by atoms with E-state index in [1.165, 1.54) is 6.92 Å². The third-order valence-corrected chi connectivity index (χ3v) is 3.65. The number of amides is 2. The van der Waals surface area contributed by atoms with Gasteiger partial charge in [-0.05, 0) is 39.5 Å². The Morgan fingerprint density at radius 3 is 2.64 bits per heavy atom. The van der Waals surface area contributed by atoms with Crippen molar-refractivity contribution in [3.8, 4) is 0 Å². The molecule has 0 aromatic carbocycles. The Labute approximate surface area is 131 Å². The molecule has 1 saturated heterocycles. The van der Waals surface area contributed by atoms with Crippen molar-refractivity contribution in [2.75, 3.05) is 19.6 Å². The van der Waals surface area contributed by atoms with Gasteiger partial charge < -0.3 is 16.0 Å². The fourth-order valence-electron chi connectivity index (χ4n) is 2.50. The van der Waals surface area contributed by atoms with Gasteiger partial charge in [-0.25, -0.2) is 0 Å². The Morgan fingerprint density at radius 1 is 1.27 bits per heavy atom. The van der Waals surface area contributed by atoms with Gasteiger partial charge >= 0.3 is 0 Å². The fourth-order valence-corrected chi connectivity index (χ4v) is 2.50. The van der Waals surface area contributed by atoms with E-state index in [4.69, 9.17) is 5.73 Å². The second-order valence-electron chi connectivity index (χ2n) is 5.61. The molecule has 0 unspecified atom stereocenters. The summed E-state index contributed by atoms with van der Waals surface area (Å²) in [4.78, 5) is 40.8. The largest absolute Gasteiger partial charge is 0.388 e. The maximum Gasteiger partial charge on any atom is 0.242 e. The lowest BCUT2D eigenvalue weighted by atomic mass is 10.1. The van der Waals surface area contributed by atoms with Crippen LogP contribution in [0.15, 0.2) is 4.99 Å². The Morgan fingerprint density at radius 2 is 2.00 bits per heavy atom. The predicted octanol–water partition coefficient (Wildman–Crippen LogP) is 0.230. The van der Waals surface area contributed by atoms with Gasteiger partial charge in [-0.15, -0.1) is 0 Å². The van der Waals surface area contributed by atoms with Crippen LogP contribution in [-0.2, 0) is 14.4 Å². The molecular weight excluding hydrogens is 284 g/mol. The summed E-state index contributed by atoms with van der Waals surface area (Å²) in [6.45, 7) is 4.39. The van der Waals surface area contributed by atoms with Crippen LogP contribution in [0.2, 0.25) is 0 Å². The zero-order valence-electron chi connectivity index (χ0n) is 13.4. The minimum Gasteiger partial charge on any atom is -0.388 e. The molecule has 0 spiro atoms. The quantitative estimate of drug-likeness (QED) is 0.380. The van der Waals surface area contributed by atoms with Gasteiger partial charge in [-0.1, -0.05) is 0 Å². The highest BCUT2D eigenvalue weighted by Crippen LogP contribution is 2.17. The predicted molar refractivity (Wildman–Crippen MR) is 84.4 cm³/mol. The number of Topliss-reactive ketones (excluding diaryl/α,β-unsaturated/α-hetero) is 1. The van der Waals surface area contributed by atoms with Crippen LogP contribution >= 0.6 is 0 Å². The number of rotatable bonds is 8. The molecule has 2 amide bonds. The van der Waals surface area contributed by atoms with Gasteiger partial charge in [0.1, 0.15) is 0 Å². The highest BCUT2D eigenvalue weighted by atomic mass is 16.2. The summed E-state index contributed by atoms with van der Waals surface area (Å²) in [6, 6.07) is -0.318. The van der Waals surface area contributed by atoms with E-state index in [-0.39, 0.29) is 30.2 Å². The van der Waals surface area contributed by atoms with Crippen LogP contribution < -0.4 is 11.1 Å². The third-order valence-electron chi connectivity index (χ3n) is 3.65. The summed E-state index contributed by atoms with van der Waals surface area (Å²) in [7, 11) is 0. The molecule has 0 bridgehead atoms. The number of nitrogens with one attached hydrogen (secondary N) is 1. The maximum absolute atomic E-state index is 12.0. The highest BCUT2D eigenvalue weighted by molar-refractivity contribution is 5.90. The number of carbonyl (C=O) groups excluding carboxylic acids is 3. The summed E-state index contributed by atoms with van der Waals surface area (Å²) in [6.07, 6.45) is 3.41. The van der Waals surface area contributed by atoms with E-state index >= 15 is 0 Å². The van der Waals surface area contributed by atoms with E-state index in [9.17, 15) is 14.4 Å². The summed E-state index contributed by atoms with van der Waals surface area (Å²) in [5.74, 6) is 0.211. The molecule has 0 aliphatic carbocycles. The molecule has 0 radical (unpaired) electrons. The van der Waals surface area contributed by atoms with Crippen LogP contribution in [0.4, 0.5) is 0 Å². The number of hydrogen-bond donors (Lipinski definition) is 2. The average molecular weight is 310 g/mol. The molecule has 0 saturated carbocycles. The summed E-state index contributed by atoms with van der Waals surface area (Å²) in [5, 5.41) is 2.62. The first-order valence-electron chi connectivity index (χ1n) is 7.75. The van der Waals surface area contributed by atoms with Crippen LogP contribution in [0.5, 0.6) is 0 Å². The summed E-state index contributed by atoms with van der Waals surface area (Å²) >= 11 is 0. The SMILES string of the molecule is CC(=O)[C@@H]1CCCN1C(=O)CNC(=O)CCCCN=C(C)N. The van der Waals surface area contributed by atoms with Crippen LogP contribution in [0.1, 0.15) is 46.0 Å². The molecule has 124 valence electrons. The van der Waals surface area contributed by atoms with Crippen LogP contribution in [-0.4, -0.2) is 54.0 Å². The van der Waals surface area contributed by atoms with Crippen molar-refractivity contribution in [1.82, 2.24) is 10.2 Å². The first-order valence-corrected chi connectivity index (χ1v) is 7.75. The number of ketones is 1.